The number of amides is 2. The first-order valence-corrected chi connectivity index (χ1v) is 10.7. The van der Waals surface area contributed by atoms with Crippen LogP contribution in [0.5, 0.6) is 11.5 Å². The van der Waals surface area contributed by atoms with Crippen LogP contribution in [0, 0.1) is 0 Å². The molecule has 0 spiro atoms. The first-order valence-electron chi connectivity index (χ1n) is 10.7. The minimum atomic E-state index is -0.235. The van der Waals surface area contributed by atoms with Crippen LogP contribution in [0.25, 0.3) is 0 Å². The van der Waals surface area contributed by atoms with Gasteiger partial charge in [0.15, 0.2) is 6.61 Å². The van der Waals surface area contributed by atoms with Crippen molar-refractivity contribution in [3.05, 3.63) is 90.0 Å². The number of anilines is 1. The zero-order chi connectivity index (χ0) is 23.5. The van der Waals surface area contributed by atoms with Gasteiger partial charge >= 0.3 is 0 Å². The molecule has 0 aliphatic carbocycles. The van der Waals surface area contributed by atoms with Crippen LogP contribution in [0.4, 0.5) is 5.69 Å². The summed E-state index contributed by atoms with van der Waals surface area (Å²) in [6.45, 7) is 1.04. The van der Waals surface area contributed by atoms with E-state index >= 15 is 0 Å². The Bertz CT molecular complexity index is 1040. The Kier molecular flexibility index (Phi) is 8.85. The van der Waals surface area contributed by atoms with Gasteiger partial charge in [0.1, 0.15) is 18.1 Å². The van der Waals surface area contributed by atoms with Crippen LogP contribution < -0.4 is 20.1 Å². The normalized spacial score (nSPS) is 10.5. The number of nitrogens with one attached hydrogen (secondary N) is 2. The highest BCUT2D eigenvalue weighted by molar-refractivity contribution is 5.92. The largest absolute Gasteiger partial charge is 0.489 e. The lowest BCUT2D eigenvalue weighted by Crippen LogP contribution is -2.28. The maximum atomic E-state index is 12.2. The molecule has 0 aromatic heterocycles. The van der Waals surface area contributed by atoms with E-state index in [0.29, 0.717) is 31.1 Å². The zero-order valence-corrected chi connectivity index (χ0v) is 18.9. The molecule has 2 amide bonds. The molecule has 7 nitrogen and oxygen atoms in total. The van der Waals surface area contributed by atoms with Crippen LogP contribution in [-0.4, -0.2) is 44.0 Å². The summed E-state index contributed by atoms with van der Waals surface area (Å²) >= 11 is 0. The van der Waals surface area contributed by atoms with Gasteiger partial charge in [0.25, 0.3) is 5.91 Å². The number of nitrogens with zero attached hydrogens (tertiary/aromatic N) is 1. The third-order valence-electron chi connectivity index (χ3n) is 4.60. The maximum Gasteiger partial charge on any atom is 0.258 e. The molecule has 0 saturated heterocycles. The average Bonchev–Trinajstić information content (AvgIpc) is 2.81. The lowest BCUT2D eigenvalue weighted by molar-refractivity contribution is -0.123. The number of likely N-dealkylation sites (N-methyl/N-ethyl adjacent to an activating group) is 1. The summed E-state index contributed by atoms with van der Waals surface area (Å²) in [6.07, 6.45) is 0. The highest BCUT2D eigenvalue weighted by Crippen LogP contribution is 2.18. The number of carbonyl (C=O) groups excluding carboxylic acids is 2. The van der Waals surface area contributed by atoms with E-state index < -0.39 is 0 Å². The summed E-state index contributed by atoms with van der Waals surface area (Å²) < 4.78 is 11.3. The molecule has 33 heavy (non-hydrogen) atoms. The average molecular weight is 448 g/mol. The molecule has 0 aliphatic heterocycles. The molecule has 172 valence electrons. The number of rotatable bonds is 11. The van der Waals surface area contributed by atoms with E-state index in [9.17, 15) is 9.59 Å². The molecule has 0 saturated carbocycles. The molecule has 0 bridgehead atoms. The molecule has 0 aliphatic rings. The van der Waals surface area contributed by atoms with Crippen molar-refractivity contribution in [3.8, 4) is 11.5 Å². The van der Waals surface area contributed by atoms with Gasteiger partial charge in [0.05, 0.1) is 6.54 Å². The molecular weight excluding hydrogens is 418 g/mol. The molecule has 0 radical (unpaired) electrons. The molecule has 3 aromatic rings. The van der Waals surface area contributed by atoms with Crippen molar-refractivity contribution in [2.45, 2.75) is 13.2 Å². The standard InChI is InChI=1S/C26H29N3O4/c1-29(2)17-25(30)28-22-10-6-9-21(15-22)16-27-26(31)19-33-24-13-11-23(12-14-24)32-18-20-7-4-3-5-8-20/h3-15H,16-19H2,1-2H3,(H,27,31)(H,28,30). The zero-order valence-electron chi connectivity index (χ0n) is 18.9. The molecule has 0 heterocycles. The van der Waals surface area contributed by atoms with E-state index in [0.717, 1.165) is 16.9 Å². The van der Waals surface area contributed by atoms with Gasteiger partial charge in [0.2, 0.25) is 5.91 Å². The maximum absolute atomic E-state index is 12.2. The molecular formula is C26H29N3O4. The van der Waals surface area contributed by atoms with Crippen molar-refractivity contribution in [2.75, 3.05) is 32.6 Å². The topological polar surface area (TPSA) is 79.9 Å². The fourth-order valence-corrected chi connectivity index (χ4v) is 3.02. The Morgan fingerprint density at radius 2 is 1.45 bits per heavy atom. The van der Waals surface area contributed by atoms with Crippen LogP contribution in [0.15, 0.2) is 78.9 Å². The lowest BCUT2D eigenvalue weighted by atomic mass is 10.2. The highest BCUT2D eigenvalue weighted by Gasteiger charge is 2.06. The van der Waals surface area contributed by atoms with Crippen molar-refractivity contribution < 1.29 is 19.1 Å². The number of hydrogen-bond acceptors (Lipinski definition) is 5. The molecule has 0 fully saturated rings. The van der Waals surface area contributed by atoms with Gasteiger partial charge in [-0.15, -0.1) is 0 Å². The van der Waals surface area contributed by atoms with Gasteiger partial charge in [-0.2, -0.15) is 0 Å². The van der Waals surface area contributed by atoms with Crippen LogP contribution in [0.2, 0.25) is 0 Å². The number of benzene rings is 3. The second-order valence-corrected chi connectivity index (χ2v) is 7.80. The van der Waals surface area contributed by atoms with Crippen LogP contribution in [0.1, 0.15) is 11.1 Å². The summed E-state index contributed by atoms with van der Waals surface area (Å²) in [5.74, 6) is 0.989. The van der Waals surface area contributed by atoms with Crippen molar-refractivity contribution in [3.63, 3.8) is 0 Å². The van der Waals surface area contributed by atoms with Gasteiger partial charge in [0, 0.05) is 12.2 Å². The molecule has 2 N–H and O–H groups in total. The number of carbonyl (C=O) groups is 2. The predicted octanol–water partition coefficient (Wildman–Crippen LogP) is 3.46. The smallest absolute Gasteiger partial charge is 0.258 e. The number of hydrogen-bond donors (Lipinski definition) is 2. The van der Waals surface area contributed by atoms with E-state index in [4.69, 9.17) is 9.47 Å². The van der Waals surface area contributed by atoms with Gasteiger partial charge in [-0.25, -0.2) is 0 Å². The molecule has 0 unspecified atom stereocenters. The van der Waals surface area contributed by atoms with Crippen LogP contribution >= 0.6 is 0 Å². The van der Waals surface area contributed by atoms with Crippen molar-refractivity contribution >= 4 is 17.5 Å². The van der Waals surface area contributed by atoms with Crippen molar-refractivity contribution in [2.24, 2.45) is 0 Å². The predicted molar refractivity (Wildman–Crippen MR) is 128 cm³/mol. The minimum Gasteiger partial charge on any atom is -0.489 e. The van der Waals surface area contributed by atoms with Gasteiger partial charge in [-0.1, -0.05) is 42.5 Å². The van der Waals surface area contributed by atoms with E-state index in [1.165, 1.54) is 0 Å². The van der Waals surface area contributed by atoms with Crippen molar-refractivity contribution in [1.82, 2.24) is 10.2 Å². The summed E-state index contributed by atoms with van der Waals surface area (Å²) in [4.78, 5) is 25.9. The highest BCUT2D eigenvalue weighted by atomic mass is 16.5. The van der Waals surface area contributed by atoms with Crippen LogP contribution in [0.3, 0.4) is 0 Å². The van der Waals surface area contributed by atoms with E-state index in [1.807, 2.05) is 80.8 Å². The molecule has 3 rings (SSSR count). The minimum absolute atomic E-state index is 0.0916. The Morgan fingerprint density at radius 3 is 2.15 bits per heavy atom. The summed E-state index contributed by atoms with van der Waals surface area (Å²) in [5, 5.41) is 5.66. The van der Waals surface area contributed by atoms with Gasteiger partial charge in [-0.05, 0) is 61.6 Å². The summed E-state index contributed by atoms with van der Waals surface area (Å²) in [6, 6.07) is 24.5. The third kappa shape index (κ3) is 8.66. The van der Waals surface area contributed by atoms with Gasteiger partial charge < -0.3 is 25.0 Å². The van der Waals surface area contributed by atoms with Crippen molar-refractivity contribution in [1.29, 1.82) is 0 Å². The molecule has 3 aromatic carbocycles. The first-order chi connectivity index (χ1) is 16.0. The Morgan fingerprint density at radius 1 is 0.788 bits per heavy atom. The van der Waals surface area contributed by atoms with E-state index in [1.54, 1.807) is 17.0 Å². The first kappa shape index (κ1) is 23.8. The summed E-state index contributed by atoms with van der Waals surface area (Å²) in [7, 11) is 3.67. The van der Waals surface area contributed by atoms with Gasteiger partial charge in [-0.3, -0.25) is 9.59 Å². The SMILES string of the molecule is CN(C)CC(=O)Nc1cccc(CNC(=O)COc2ccc(OCc3ccccc3)cc2)c1. The monoisotopic (exact) mass is 447 g/mol. The Hall–Kier alpha value is -3.84. The second-order valence-electron chi connectivity index (χ2n) is 7.80. The Labute approximate surface area is 194 Å². The summed E-state index contributed by atoms with van der Waals surface area (Å²) in [5.41, 5.74) is 2.67. The third-order valence-corrected chi connectivity index (χ3v) is 4.60. The quantitative estimate of drug-likeness (QED) is 0.471. The fraction of sp³-hybridized carbons (Fsp3) is 0.231. The number of ether oxygens (including phenoxy) is 2. The van der Waals surface area contributed by atoms with E-state index in [2.05, 4.69) is 10.6 Å². The molecule has 0 atom stereocenters. The van der Waals surface area contributed by atoms with Crippen LogP contribution in [-0.2, 0) is 22.7 Å². The molecule has 7 heteroatoms. The lowest BCUT2D eigenvalue weighted by Gasteiger charge is -2.12. The second kappa shape index (κ2) is 12.3. The van der Waals surface area contributed by atoms with E-state index in [-0.39, 0.29) is 18.4 Å². The fourth-order valence-electron chi connectivity index (χ4n) is 3.02. The Balaban J connectivity index is 1.39.